The van der Waals surface area contributed by atoms with Gasteiger partial charge in [0.25, 0.3) is 0 Å². The molecule has 9 rings (SSSR count). The minimum Gasteiger partial charge on any atom is -0.320 e. The van der Waals surface area contributed by atoms with Crippen LogP contribution in [0.5, 0.6) is 0 Å². The molecule has 0 atom stereocenters. The molecule has 240 valence electrons. The van der Waals surface area contributed by atoms with E-state index in [-0.39, 0.29) is 5.41 Å². The van der Waals surface area contributed by atoms with E-state index in [1.165, 1.54) is 33.2 Å². The van der Waals surface area contributed by atoms with Crippen molar-refractivity contribution in [2.75, 3.05) is 0 Å². The zero-order valence-electron chi connectivity index (χ0n) is 28.0. The molecule has 0 aliphatic carbocycles. The van der Waals surface area contributed by atoms with Gasteiger partial charge in [-0.25, -0.2) is 20.0 Å². The Hall–Kier alpha value is -6.40. The summed E-state index contributed by atoms with van der Waals surface area (Å²) in [6, 6.07) is 50.5. The van der Waals surface area contributed by atoms with Crippen LogP contribution in [0, 0.1) is 0 Å². The normalized spacial score (nSPS) is 14.0. The van der Waals surface area contributed by atoms with Crippen LogP contribution in [0.3, 0.4) is 0 Å². The average molecular weight is 647 g/mol. The molecule has 2 aromatic heterocycles. The van der Waals surface area contributed by atoms with Crippen molar-refractivity contribution in [1.29, 1.82) is 0 Å². The topological polar surface area (TPSA) is 59.8 Å². The van der Waals surface area contributed by atoms with E-state index in [0.717, 1.165) is 39.0 Å². The lowest BCUT2D eigenvalue weighted by molar-refractivity contribution is 0.621. The van der Waals surface area contributed by atoms with Crippen molar-refractivity contribution < 1.29 is 0 Å². The number of aliphatic imine (C=N–C) groups is 3. The highest BCUT2D eigenvalue weighted by Crippen LogP contribution is 2.46. The van der Waals surface area contributed by atoms with Gasteiger partial charge in [0.2, 0.25) is 0 Å². The second-order valence-electron chi connectivity index (χ2n) is 13.2. The van der Waals surface area contributed by atoms with Crippen molar-refractivity contribution >= 4 is 51.2 Å². The Labute approximate surface area is 290 Å². The van der Waals surface area contributed by atoms with Gasteiger partial charge < -0.3 is 4.57 Å². The number of imidazole rings is 1. The molecule has 3 heterocycles. The molecule has 0 fully saturated rings. The fourth-order valence-electron chi connectivity index (χ4n) is 7.40. The first-order chi connectivity index (χ1) is 24.5. The van der Waals surface area contributed by atoms with Crippen molar-refractivity contribution in [2.45, 2.75) is 25.9 Å². The Morgan fingerprint density at radius 3 is 2.02 bits per heavy atom. The molecule has 6 aromatic carbocycles. The van der Waals surface area contributed by atoms with E-state index in [9.17, 15) is 0 Å². The van der Waals surface area contributed by atoms with Gasteiger partial charge in [0, 0.05) is 21.9 Å². The van der Waals surface area contributed by atoms with Gasteiger partial charge >= 0.3 is 0 Å². The molecule has 8 aromatic rings. The third kappa shape index (κ3) is 4.71. The average Bonchev–Trinajstić information content (AvgIpc) is 3.78. The fraction of sp³-hybridized carbons (Fsp3) is 0.0909. The number of rotatable bonds is 5. The Kier molecular flexibility index (Phi) is 6.92. The van der Waals surface area contributed by atoms with E-state index < -0.39 is 0 Å². The second-order valence-corrected chi connectivity index (χ2v) is 13.2. The highest BCUT2D eigenvalue weighted by atomic mass is 15.1. The van der Waals surface area contributed by atoms with E-state index >= 15 is 0 Å². The van der Waals surface area contributed by atoms with Gasteiger partial charge in [0.1, 0.15) is 12.5 Å². The van der Waals surface area contributed by atoms with Crippen LogP contribution in [-0.4, -0.2) is 32.5 Å². The molecule has 6 nitrogen and oxygen atoms in total. The molecule has 0 spiro atoms. The zero-order chi connectivity index (χ0) is 33.8. The summed E-state index contributed by atoms with van der Waals surface area (Å²) in [5, 5.41) is 2.38. The summed E-state index contributed by atoms with van der Waals surface area (Å²) < 4.78 is 4.60. The standard InChI is InChI=1S/C44H34N6/c1-44(2)35-27-32(23-25-39(35)50-40-21-13-11-19-36(40)47-43(44)50)31-22-24-38-34(26-31)33-18-10-12-20-37(33)49(38)28-46-42(30-16-8-5-9-17-30)48-41(45-3)29-14-6-4-7-15-29/h4-27H,3,28H2,1-2H3/b46-42-,48-41?. The lowest BCUT2D eigenvalue weighted by atomic mass is 9.84. The van der Waals surface area contributed by atoms with Crippen molar-refractivity contribution in [1.82, 2.24) is 14.1 Å². The minimum atomic E-state index is -0.219. The van der Waals surface area contributed by atoms with Gasteiger partial charge in [-0.1, -0.05) is 103 Å². The maximum absolute atomic E-state index is 5.12. The Morgan fingerprint density at radius 2 is 1.26 bits per heavy atom. The predicted octanol–water partition coefficient (Wildman–Crippen LogP) is 9.99. The monoisotopic (exact) mass is 646 g/mol. The second kappa shape index (κ2) is 11.6. The third-order valence-corrected chi connectivity index (χ3v) is 9.92. The number of hydrogen-bond acceptors (Lipinski definition) is 2. The summed E-state index contributed by atoms with van der Waals surface area (Å²) in [6.45, 7) is 8.76. The van der Waals surface area contributed by atoms with Gasteiger partial charge in [-0.15, -0.1) is 0 Å². The van der Waals surface area contributed by atoms with Gasteiger partial charge in [-0.05, 0) is 79.7 Å². The maximum Gasteiger partial charge on any atom is 0.161 e. The van der Waals surface area contributed by atoms with Crippen LogP contribution in [-0.2, 0) is 12.1 Å². The molecule has 1 aliphatic rings. The fourth-order valence-corrected chi connectivity index (χ4v) is 7.40. The summed E-state index contributed by atoms with van der Waals surface area (Å²) in [4.78, 5) is 19.4. The summed E-state index contributed by atoms with van der Waals surface area (Å²) in [7, 11) is 0. The van der Waals surface area contributed by atoms with Crippen LogP contribution in [0.1, 0.15) is 36.4 Å². The van der Waals surface area contributed by atoms with E-state index in [1.54, 1.807) is 0 Å². The SMILES string of the molecule is C=NC(=N/C(=N\Cn1c2ccccc2c2cc(-c3ccc4c(c3)C(C)(C)c3nc5ccccc5n3-4)ccc21)c1ccccc1)c1ccccc1. The van der Waals surface area contributed by atoms with Crippen molar-refractivity contribution in [3.8, 4) is 16.8 Å². The van der Waals surface area contributed by atoms with Crippen LogP contribution >= 0.6 is 0 Å². The quantitative estimate of drug-likeness (QED) is 0.136. The predicted molar refractivity (Wildman–Crippen MR) is 207 cm³/mol. The summed E-state index contributed by atoms with van der Waals surface area (Å²) >= 11 is 0. The first-order valence-corrected chi connectivity index (χ1v) is 16.9. The number of para-hydroxylation sites is 3. The number of benzene rings is 6. The number of nitrogens with zero attached hydrogens (tertiary/aromatic N) is 6. The van der Waals surface area contributed by atoms with Gasteiger partial charge in [0.05, 0.1) is 33.2 Å². The molecule has 0 radical (unpaired) electrons. The summed E-state index contributed by atoms with van der Waals surface area (Å²) in [6.07, 6.45) is 0. The minimum absolute atomic E-state index is 0.219. The molecule has 0 bridgehead atoms. The van der Waals surface area contributed by atoms with Gasteiger partial charge in [-0.2, -0.15) is 0 Å². The van der Waals surface area contributed by atoms with E-state index in [1.807, 2.05) is 60.7 Å². The molecule has 50 heavy (non-hydrogen) atoms. The van der Waals surface area contributed by atoms with Crippen LogP contribution in [0.15, 0.2) is 161 Å². The van der Waals surface area contributed by atoms with Crippen LogP contribution in [0.2, 0.25) is 0 Å². The molecule has 0 saturated heterocycles. The molecule has 0 amide bonds. The van der Waals surface area contributed by atoms with E-state index in [4.69, 9.17) is 15.0 Å². The van der Waals surface area contributed by atoms with Crippen LogP contribution < -0.4 is 0 Å². The Morgan fingerprint density at radius 1 is 0.640 bits per heavy atom. The van der Waals surface area contributed by atoms with Crippen molar-refractivity contribution in [3.05, 3.63) is 168 Å². The zero-order valence-corrected chi connectivity index (χ0v) is 28.0. The van der Waals surface area contributed by atoms with Crippen molar-refractivity contribution in [3.63, 3.8) is 0 Å². The first kappa shape index (κ1) is 29.7. The van der Waals surface area contributed by atoms with Gasteiger partial charge in [-0.3, -0.25) is 4.57 Å². The van der Waals surface area contributed by atoms with Crippen molar-refractivity contribution in [2.24, 2.45) is 15.0 Å². The van der Waals surface area contributed by atoms with Crippen LogP contribution in [0.25, 0.3) is 49.7 Å². The maximum atomic E-state index is 5.12. The molecule has 0 N–H and O–H groups in total. The number of aromatic nitrogens is 3. The number of amidine groups is 2. The Balaban J connectivity index is 1.14. The Bertz CT molecular complexity index is 2660. The first-order valence-electron chi connectivity index (χ1n) is 16.9. The van der Waals surface area contributed by atoms with E-state index in [2.05, 4.69) is 120 Å². The lowest BCUT2D eigenvalue weighted by Gasteiger charge is -2.18. The molecule has 1 aliphatic heterocycles. The number of fused-ring (bicyclic) bond motifs is 8. The molecular weight excluding hydrogens is 613 g/mol. The van der Waals surface area contributed by atoms with Crippen LogP contribution in [0.4, 0.5) is 0 Å². The summed E-state index contributed by atoms with van der Waals surface area (Å²) in [5.74, 6) is 2.23. The smallest absolute Gasteiger partial charge is 0.161 e. The highest BCUT2D eigenvalue weighted by molar-refractivity contribution is 6.13. The highest BCUT2D eigenvalue weighted by Gasteiger charge is 2.39. The summed E-state index contributed by atoms with van der Waals surface area (Å²) in [5.41, 5.74) is 10.9. The molecular formula is C44H34N6. The lowest BCUT2D eigenvalue weighted by Crippen LogP contribution is -2.16. The molecule has 0 unspecified atom stereocenters. The van der Waals surface area contributed by atoms with E-state index in [0.29, 0.717) is 18.3 Å². The van der Waals surface area contributed by atoms with Gasteiger partial charge in [0.15, 0.2) is 11.7 Å². The largest absolute Gasteiger partial charge is 0.320 e. The third-order valence-electron chi connectivity index (χ3n) is 9.92. The number of hydrogen-bond donors (Lipinski definition) is 0. The molecule has 0 saturated carbocycles. The molecule has 6 heteroatoms.